The Labute approximate surface area is 98.7 Å². The monoisotopic (exact) mass is 218 g/mol. The van der Waals surface area contributed by atoms with E-state index in [2.05, 4.69) is 43.9 Å². The minimum Gasteiger partial charge on any atom is -0.357 e. The smallest absolute Gasteiger partial charge is 0.128 e. The van der Waals surface area contributed by atoms with Crippen molar-refractivity contribution in [3.63, 3.8) is 0 Å². The van der Waals surface area contributed by atoms with Crippen LogP contribution in [-0.4, -0.2) is 18.1 Å². The maximum atomic E-state index is 4.79. The van der Waals surface area contributed by atoms with Crippen molar-refractivity contribution in [1.82, 2.24) is 4.98 Å². The molecule has 2 rings (SSSR count). The number of aromatic nitrogens is 1. The molecule has 2 nitrogen and oxygen atoms in total. The van der Waals surface area contributed by atoms with Gasteiger partial charge in [0.05, 0.1) is 0 Å². The predicted octanol–water partition coefficient (Wildman–Crippen LogP) is 3.37. The molecule has 0 radical (unpaired) electrons. The number of nitrogens with zero attached hydrogens (tertiary/aromatic N) is 2. The molecule has 1 saturated heterocycles. The molecular formula is C14H22N2. The number of hydrogen-bond acceptors (Lipinski definition) is 2. The maximum Gasteiger partial charge on any atom is 0.128 e. The minimum atomic E-state index is 0.145. The summed E-state index contributed by atoms with van der Waals surface area (Å²) in [5.41, 5.74) is 1.33. The predicted molar refractivity (Wildman–Crippen MR) is 69.0 cm³/mol. The summed E-state index contributed by atoms with van der Waals surface area (Å²) in [6, 6.07) is 6.41. The van der Waals surface area contributed by atoms with Gasteiger partial charge in [0.15, 0.2) is 0 Å². The molecule has 1 aliphatic rings. The molecule has 1 aromatic rings. The third kappa shape index (κ3) is 2.55. The summed E-state index contributed by atoms with van der Waals surface area (Å²) in [5, 5.41) is 0. The molecule has 0 N–H and O–H groups in total. The van der Waals surface area contributed by atoms with Crippen LogP contribution in [0.2, 0.25) is 0 Å². The Hall–Kier alpha value is -1.05. The van der Waals surface area contributed by atoms with Gasteiger partial charge >= 0.3 is 0 Å². The highest BCUT2D eigenvalue weighted by Crippen LogP contribution is 2.24. The Bertz CT molecular complexity index is 346. The zero-order chi connectivity index (χ0) is 11.6. The van der Waals surface area contributed by atoms with E-state index in [0.717, 1.165) is 5.82 Å². The number of piperidine rings is 1. The highest BCUT2D eigenvalue weighted by atomic mass is 15.2. The largest absolute Gasteiger partial charge is 0.357 e. The van der Waals surface area contributed by atoms with E-state index in [9.17, 15) is 0 Å². The fourth-order valence-corrected chi connectivity index (χ4v) is 2.14. The summed E-state index contributed by atoms with van der Waals surface area (Å²) in [6.07, 6.45) is 3.98. The minimum absolute atomic E-state index is 0.145. The van der Waals surface area contributed by atoms with Crippen molar-refractivity contribution < 1.29 is 0 Å². The molecule has 2 heterocycles. The standard InChI is InChI=1S/C14H22N2/c1-14(2,3)12-8-7-9-13(15-12)16-10-5-4-6-11-16/h7-9H,4-6,10-11H2,1-3H3. The summed E-state index contributed by atoms with van der Waals surface area (Å²) in [4.78, 5) is 7.21. The lowest BCUT2D eigenvalue weighted by atomic mass is 9.92. The summed E-state index contributed by atoms with van der Waals surface area (Å²) >= 11 is 0. The van der Waals surface area contributed by atoms with Crippen molar-refractivity contribution >= 4 is 5.82 Å². The van der Waals surface area contributed by atoms with Gasteiger partial charge in [-0.3, -0.25) is 0 Å². The summed E-state index contributed by atoms with van der Waals surface area (Å²) < 4.78 is 0. The molecule has 0 bridgehead atoms. The highest BCUT2D eigenvalue weighted by Gasteiger charge is 2.18. The molecule has 0 aromatic carbocycles. The van der Waals surface area contributed by atoms with E-state index < -0.39 is 0 Å². The van der Waals surface area contributed by atoms with Gasteiger partial charge in [-0.1, -0.05) is 26.8 Å². The van der Waals surface area contributed by atoms with Gasteiger partial charge in [0.1, 0.15) is 5.82 Å². The third-order valence-corrected chi connectivity index (χ3v) is 3.18. The topological polar surface area (TPSA) is 16.1 Å². The summed E-state index contributed by atoms with van der Waals surface area (Å²) in [6.45, 7) is 8.99. The first-order valence-corrected chi connectivity index (χ1v) is 6.30. The average Bonchev–Trinajstić information content (AvgIpc) is 2.29. The van der Waals surface area contributed by atoms with Crippen molar-refractivity contribution in [2.24, 2.45) is 0 Å². The van der Waals surface area contributed by atoms with Crippen molar-refractivity contribution in [1.29, 1.82) is 0 Å². The van der Waals surface area contributed by atoms with Gasteiger partial charge in [0.25, 0.3) is 0 Å². The molecule has 0 aliphatic carbocycles. The lowest BCUT2D eigenvalue weighted by Gasteiger charge is -2.29. The molecular weight excluding hydrogens is 196 g/mol. The Balaban J connectivity index is 2.21. The van der Waals surface area contributed by atoms with Gasteiger partial charge in [0.2, 0.25) is 0 Å². The van der Waals surface area contributed by atoms with Gasteiger partial charge in [-0.05, 0) is 31.4 Å². The van der Waals surface area contributed by atoms with E-state index >= 15 is 0 Å². The van der Waals surface area contributed by atoms with Crippen LogP contribution >= 0.6 is 0 Å². The van der Waals surface area contributed by atoms with Crippen LogP contribution in [0.4, 0.5) is 5.82 Å². The molecule has 0 spiro atoms. The zero-order valence-electron chi connectivity index (χ0n) is 10.7. The van der Waals surface area contributed by atoms with Gasteiger partial charge < -0.3 is 4.90 Å². The van der Waals surface area contributed by atoms with E-state index in [1.165, 1.54) is 38.0 Å². The average molecular weight is 218 g/mol. The number of hydrogen-bond donors (Lipinski definition) is 0. The van der Waals surface area contributed by atoms with Gasteiger partial charge in [-0.15, -0.1) is 0 Å². The Morgan fingerprint density at radius 3 is 2.38 bits per heavy atom. The number of anilines is 1. The van der Waals surface area contributed by atoms with Crippen LogP contribution in [0.1, 0.15) is 45.7 Å². The number of pyridine rings is 1. The van der Waals surface area contributed by atoms with Crippen LogP contribution in [-0.2, 0) is 5.41 Å². The van der Waals surface area contributed by atoms with E-state index in [1.54, 1.807) is 0 Å². The van der Waals surface area contributed by atoms with Crippen LogP contribution in [0, 0.1) is 0 Å². The van der Waals surface area contributed by atoms with Crippen LogP contribution in [0.5, 0.6) is 0 Å². The lowest BCUT2D eigenvalue weighted by molar-refractivity contribution is 0.553. The zero-order valence-corrected chi connectivity index (χ0v) is 10.7. The van der Waals surface area contributed by atoms with Crippen molar-refractivity contribution in [3.8, 4) is 0 Å². The first-order valence-electron chi connectivity index (χ1n) is 6.30. The maximum absolute atomic E-state index is 4.79. The molecule has 2 heteroatoms. The molecule has 0 unspecified atom stereocenters. The van der Waals surface area contributed by atoms with Crippen LogP contribution in [0.3, 0.4) is 0 Å². The van der Waals surface area contributed by atoms with Crippen molar-refractivity contribution in [2.45, 2.75) is 45.4 Å². The second kappa shape index (κ2) is 4.44. The van der Waals surface area contributed by atoms with Crippen LogP contribution in [0.15, 0.2) is 18.2 Å². The molecule has 1 aliphatic heterocycles. The second-order valence-electron chi connectivity index (χ2n) is 5.68. The summed E-state index contributed by atoms with van der Waals surface area (Å²) in [7, 11) is 0. The van der Waals surface area contributed by atoms with E-state index in [0.29, 0.717) is 0 Å². The van der Waals surface area contributed by atoms with Crippen LogP contribution < -0.4 is 4.90 Å². The molecule has 0 amide bonds. The SMILES string of the molecule is CC(C)(C)c1cccc(N2CCCCC2)n1. The fourth-order valence-electron chi connectivity index (χ4n) is 2.14. The molecule has 0 saturated carbocycles. The first kappa shape index (κ1) is 11.4. The Morgan fingerprint density at radius 1 is 1.06 bits per heavy atom. The normalized spacial score (nSPS) is 17.6. The van der Waals surface area contributed by atoms with E-state index in [-0.39, 0.29) is 5.41 Å². The number of rotatable bonds is 1. The fraction of sp³-hybridized carbons (Fsp3) is 0.643. The lowest BCUT2D eigenvalue weighted by Crippen LogP contribution is -2.30. The van der Waals surface area contributed by atoms with E-state index in [4.69, 9.17) is 4.98 Å². The molecule has 1 aromatic heterocycles. The van der Waals surface area contributed by atoms with Crippen molar-refractivity contribution in [2.75, 3.05) is 18.0 Å². The Morgan fingerprint density at radius 2 is 1.75 bits per heavy atom. The van der Waals surface area contributed by atoms with Crippen LogP contribution in [0.25, 0.3) is 0 Å². The Kier molecular flexibility index (Phi) is 3.17. The van der Waals surface area contributed by atoms with E-state index in [1.807, 2.05) is 0 Å². The molecule has 88 valence electrons. The first-order chi connectivity index (χ1) is 7.57. The quantitative estimate of drug-likeness (QED) is 0.718. The molecule has 16 heavy (non-hydrogen) atoms. The third-order valence-electron chi connectivity index (χ3n) is 3.18. The summed E-state index contributed by atoms with van der Waals surface area (Å²) in [5.74, 6) is 1.16. The van der Waals surface area contributed by atoms with Gasteiger partial charge in [0, 0.05) is 24.2 Å². The molecule has 1 fully saturated rings. The second-order valence-corrected chi connectivity index (χ2v) is 5.68. The molecule has 0 atom stereocenters. The van der Waals surface area contributed by atoms with Gasteiger partial charge in [-0.25, -0.2) is 4.98 Å². The van der Waals surface area contributed by atoms with Gasteiger partial charge in [-0.2, -0.15) is 0 Å². The highest BCUT2D eigenvalue weighted by molar-refractivity contribution is 5.40. The van der Waals surface area contributed by atoms with Crippen molar-refractivity contribution in [3.05, 3.63) is 23.9 Å².